The van der Waals surface area contributed by atoms with Gasteiger partial charge in [-0.05, 0) is 98.7 Å². The molecule has 1 spiro atoms. The van der Waals surface area contributed by atoms with E-state index in [0.717, 1.165) is 69.5 Å². The predicted molar refractivity (Wildman–Crippen MR) is 274 cm³/mol. The summed E-state index contributed by atoms with van der Waals surface area (Å²) >= 11 is 0. The van der Waals surface area contributed by atoms with E-state index >= 15 is 8.42 Å². The van der Waals surface area contributed by atoms with E-state index in [2.05, 4.69) is 56.2 Å². The SMILES string of the molecule is CCc1ccccc1[C@@H]1CCCN1C1CC2(CCN(c3ccc(C(N)=O)c(N4C[C@@H]5COCC[C@H]5Oc5nc6[nH]ccc6cc54)c3S(=O)(=O)c3cc4c(c([N+](=O)[O-])c3)N[C@@H](CN3C[C@H]5C[C@@H]3CO5)CO4)CC2)C1. The van der Waals surface area contributed by atoms with Gasteiger partial charge in [0.25, 0.3) is 11.6 Å². The normalized spacial score (nSPS) is 26.9. The van der Waals surface area contributed by atoms with Crippen molar-refractivity contribution in [1.29, 1.82) is 0 Å². The minimum Gasteiger partial charge on any atom is -0.489 e. The smallest absolute Gasteiger partial charge is 0.297 e. The first-order valence-electron chi connectivity index (χ1n) is 26.3. The monoisotopic (exact) mass is 1010 g/mol. The number of piperidine rings is 1. The molecule has 18 nitrogen and oxygen atoms in total. The standard InChI is InChI=1S/C54H63N9O9S/c1-2-32-6-3-4-7-40(32)42-8-5-16-61(42)37-24-54(25-37)13-17-59(18-14-54)43-10-9-41(51(55)64)49(62-26-34-29-69-19-12-46(34)72-53-45(62)20-33-11-15-56-52(33)58-53)50(43)73(67,68)39-22-44(63(65)66)48-47(23-39)71-30-35(57-48)27-60-28-38-21-36(60)31-70-38/h3-4,6-7,9-11,15,20,22-23,34-38,42,46,57H,2,5,8,12-14,16-19,21,24-31H2,1H3,(H2,55,64)(H,56,58)/t34-,35+,36-,38-,42+,46-/m1/s1. The number of nitrogens with zero attached hydrogens (tertiary/aromatic N) is 6. The Hall–Kier alpha value is -5.99. The second kappa shape index (κ2) is 18.1. The van der Waals surface area contributed by atoms with Crippen molar-refractivity contribution in [1.82, 2.24) is 19.8 Å². The number of aryl methyl sites for hydroxylation is 1. The number of pyridine rings is 1. The minimum absolute atomic E-state index is 0.0213. The van der Waals surface area contributed by atoms with Crippen LogP contribution in [-0.2, 0) is 25.7 Å². The van der Waals surface area contributed by atoms with Crippen LogP contribution in [-0.4, -0.2) is 135 Å². The first kappa shape index (κ1) is 46.8. The molecule has 8 aliphatic rings. The van der Waals surface area contributed by atoms with Gasteiger partial charge in [0.15, 0.2) is 11.4 Å². The average Bonchev–Trinajstić information content (AvgIpc) is 4.22. The number of nitro groups is 1. The average molecular weight is 1010 g/mol. The summed E-state index contributed by atoms with van der Waals surface area (Å²) in [6.07, 6.45) is 10.4. The lowest BCUT2D eigenvalue weighted by atomic mass is 9.59. The third-order valence-electron chi connectivity index (χ3n) is 17.7. The van der Waals surface area contributed by atoms with Crippen LogP contribution in [0.5, 0.6) is 11.6 Å². The Bertz CT molecular complexity index is 3120. The fourth-order valence-electron chi connectivity index (χ4n) is 13.9. The maximum absolute atomic E-state index is 16.2. The van der Waals surface area contributed by atoms with Gasteiger partial charge >= 0.3 is 0 Å². The second-order valence-electron chi connectivity index (χ2n) is 21.8. The number of sulfone groups is 1. The van der Waals surface area contributed by atoms with E-state index in [0.29, 0.717) is 75.0 Å². The Balaban J connectivity index is 0.891. The van der Waals surface area contributed by atoms with Gasteiger partial charge in [-0.2, -0.15) is 4.98 Å². The highest BCUT2D eigenvalue weighted by molar-refractivity contribution is 7.91. The molecule has 5 aromatic rings. The molecule has 73 heavy (non-hydrogen) atoms. The minimum atomic E-state index is -4.77. The summed E-state index contributed by atoms with van der Waals surface area (Å²) in [5.41, 5.74) is 10.5. The van der Waals surface area contributed by atoms with Crippen LogP contribution in [0.1, 0.15) is 85.8 Å². The number of amides is 1. The van der Waals surface area contributed by atoms with Crippen molar-refractivity contribution in [3.63, 3.8) is 0 Å². The van der Waals surface area contributed by atoms with Gasteiger partial charge in [-0.1, -0.05) is 31.2 Å². The Morgan fingerprint density at radius 3 is 2.62 bits per heavy atom. The lowest BCUT2D eigenvalue weighted by Gasteiger charge is -2.56. The zero-order valence-corrected chi connectivity index (χ0v) is 42.0. The van der Waals surface area contributed by atoms with Crippen LogP contribution in [0.25, 0.3) is 11.0 Å². The van der Waals surface area contributed by atoms with E-state index in [4.69, 9.17) is 29.7 Å². The largest absolute Gasteiger partial charge is 0.489 e. The van der Waals surface area contributed by atoms with Gasteiger partial charge in [-0.15, -0.1) is 0 Å². The molecule has 1 amide bonds. The summed E-state index contributed by atoms with van der Waals surface area (Å²) in [5.74, 6) is -0.741. The number of fused-ring (bicyclic) bond motifs is 6. The van der Waals surface area contributed by atoms with Crippen LogP contribution in [0.2, 0.25) is 0 Å². The lowest BCUT2D eigenvalue weighted by molar-refractivity contribution is -0.384. The third-order valence-corrected chi connectivity index (χ3v) is 19.4. The number of nitrogens with two attached hydrogens (primary N) is 1. The summed E-state index contributed by atoms with van der Waals surface area (Å²) in [4.78, 5) is 43.1. The zero-order chi connectivity index (χ0) is 49.8. The molecule has 2 bridgehead atoms. The van der Waals surface area contributed by atoms with Crippen molar-refractivity contribution in [2.45, 2.75) is 111 Å². The fourth-order valence-corrected chi connectivity index (χ4v) is 15.6. The first-order valence-corrected chi connectivity index (χ1v) is 27.8. The zero-order valence-electron chi connectivity index (χ0n) is 41.2. The van der Waals surface area contributed by atoms with Gasteiger partial charge in [0.2, 0.25) is 15.7 Å². The molecule has 1 aliphatic carbocycles. The Morgan fingerprint density at radius 1 is 0.986 bits per heavy atom. The van der Waals surface area contributed by atoms with Crippen molar-refractivity contribution in [3.05, 3.63) is 93.7 Å². The van der Waals surface area contributed by atoms with Crippen molar-refractivity contribution in [3.8, 4) is 11.6 Å². The van der Waals surface area contributed by atoms with Crippen molar-refractivity contribution in [2.24, 2.45) is 17.1 Å². The highest BCUT2D eigenvalue weighted by Crippen LogP contribution is 2.56. The van der Waals surface area contributed by atoms with Gasteiger partial charge in [-0.3, -0.25) is 24.7 Å². The molecule has 13 rings (SSSR count). The topological polar surface area (TPSA) is 211 Å². The van der Waals surface area contributed by atoms with Crippen LogP contribution >= 0.6 is 0 Å². The van der Waals surface area contributed by atoms with Crippen molar-refractivity contribution < 1.29 is 37.1 Å². The number of carbonyl (C=O) groups excluding carboxylic acids is 1. The molecule has 0 radical (unpaired) electrons. The summed E-state index contributed by atoms with van der Waals surface area (Å²) in [6.45, 7) is 7.68. The fraction of sp³-hybridized carbons (Fsp3) is 0.519. The number of ether oxygens (including phenoxy) is 4. The summed E-state index contributed by atoms with van der Waals surface area (Å²) in [7, 11) is -4.77. The van der Waals surface area contributed by atoms with Crippen LogP contribution < -0.4 is 30.3 Å². The van der Waals surface area contributed by atoms with E-state index in [1.54, 1.807) is 18.3 Å². The Labute approximate surface area is 424 Å². The van der Waals surface area contributed by atoms with Gasteiger partial charge in [0.1, 0.15) is 28.9 Å². The number of morpholine rings is 1. The molecule has 6 atom stereocenters. The molecular formula is C54H63N9O9S. The van der Waals surface area contributed by atoms with Crippen LogP contribution in [0.15, 0.2) is 76.7 Å². The van der Waals surface area contributed by atoms with Crippen molar-refractivity contribution >= 4 is 55.2 Å². The Morgan fingerprint density at radius 2 is 1.84 bits per heavy atom. The maximum atomic E-state index is 16.2. The number of benzene rings is 3. The van der Waals surface area contributed by atoms with E-state index < -0.39 is 26.4 Å². The second-order valence-corrected chi connectivity index (χ2v) is 23.7. The number of nitrogens with one attached hydrogen (secondary N) is 2. The number of hydrogen-bond donors (Lipinski definition) is 3. The van der Waals surface area contributed by atoms with Gasteiger partial charge in [0, 0.05) is 86.9 Å². The van der Waals surface area contributed by atoms with E-state index in [1.165, 1.54) is 23.6 Å². The summed E-state index contributed by atoms with van der Waals surface area (Å²) < 4.78 is 57.2. The van der Waals surface area contributed by atoms with Gasteiger partial charge in [0.05, 0.1) is 58.7 Å². The third kappa shape index (κ3) is 8.08. The van der Waals surface area contributed by atoms with Gasteiger partial charge < -0.3 is 44.8 Å². The number of carbonyl (C=O) groups is 1. The predicted octanol–water partition coefficient (Wildman–Crippen LogP) is 7.13. The molecule has 0 unspecified atom stereocenters. The number of primary amides is 1. The number of hydrogen-bond acceptors (Lipinski definition) is 15. The molecular weight excluding hydrogens is 951 g/mol. The lowest BCUT2D eigenvalue weighted by Crippen LogP contribution is -2.55. The molecule has 5 saturated heterocycles. The number of anilines is 4. The molecule has 3 aromatic carbocycles. The van der Waals surface area contributed by atoms with Gasteiger partial charge in [-0.25, -0.2) is 8.42 Å². The van der Waals surface area contributed by atoms with Crippen LogP contribution in [0, 0.1) is 21.4 Å². The molecule has 384 valence electrons. The molecule has 19 heteroatoms. The van der Waals surface area contributed by atoms with Crippen molar-refractivity contribution in [2.75, 3.05) is 80.8 Å². The summed E-state index contributed by atoms with van der Waals surface area (Å²) in [6, 6.07) is 19.4. The molecule has 1 saturated carbocycles. The molecule has 7 aliphatic heterocycles. The van der Waals surface area contributed by atoms with E-state index in [1.807, 2.05) is 17.0 Å². The quantitative estimate of drug-likeness (QED) is 0.0888. The number of likely N-dealkylation sites (tertiary alicyclic amines) is 2. The maximum Gasteiger partial charge on any atom is 0.297 e. The number of H-pyrrole nitrogens is 1. The number of rotatable bonds is 11. The number of nitro benzene ring substituents is 1. The van der Waals surface area contributed by atoms with E-state index in [9.17, 15) is 14.9 Å². The van der Waals surface area contributed by atoms with Crippen LogP contribution in [0.4, 0.5) is 28.4 Å². The van der Waals surface area contributed by atoms with E-state index in [-0.39, 0.29) is 87.1 Å². The first-order chi connectivity index (χ1) is 35.4. The summed E-state index contributed by atoms with van der Waals surface area (Å²) in [5, 5.41) is 17.2. The molecule has 4 N–H and O–H groups in total. The highest BCUT2D eigenvalue weighted by atomic mass is 32.2. The highest BCUT2D eigenvalue weighted by Gasteiger charge is 2.51. The Kier molecular flexibility index (Phi) is 11.6. The molecule has 9 heterocycles. The van der Waals surface area contributed by atoms with Crippen LogP contribution in [0.3, 0.4) is 0 Å². The molecule has 6 fully saturated rings. The molecule has 2 aromatic heterocycles. The number of aromatic nitrogens is 2. The number of aromatic amines is 1.